The molecule has 1 amide bonds. The first-order valence-electron chi connectivity index (χ1n) is 9.61. The lowest BCUT2D eigenvalue weighted by Gasteiger charge is -2.31. The molecule has 0 aliphatic carbocycles. The van der Waals surface area contributed by atoms with Gasteiger partial charge in [-0.25, -0.2) is 4.39 Å². The summed E-state index contributed by atoms with van der Waals surface area (Å²) in [7, 11) is 0. The highest BCUT2D eigenvalue weighted by Gasteiger charge is 2.31. The Morgan fingerprint density at radius 3 is 2.67 bits per heavy atom. The van der Waals surface area contributed by atoms with E-state index in [1.54, 1.807) is 12.1 Å². The van der Waals surface area contributed by atoms with Gasteiger partial charge in [0.05, 0.1) is 12.0 Å². The van der Waals surface area contributed by atoms with Crippen LogP contribution in [0.5, 0.6) is 0 Å². The third kappa shape index (κ3) is 6.10. The third-order valence-electron chi connectivity index (χ3n) is 4.75. The van der Waals surface area contributed by atoms with Gasteiger partial charge in [0.2, 0.25) is 5.91 Å². The van der Waals surface area contributed by atoms with Crippen molar-refractivity contribution in [2.24, 2.45) is 5.41 Å². The monoisotopic (exact) mass is 392 g/mol. The molecule has 5 heteroatoms. The number of alkyl halides is 1. The van der Waals surface area contributed by atoms with Crippen LogP contribution in [-0.2, 0) is 17.9 Å². The molecule has 0 aliphatic heterocycles. The summed E-state index contributed by atoms with van der Waals surface area (Å²) in [5.41, 5.74) is 1.35. The molecule has 0 fully saturated rings. The van der Waals surface area contributed by atoms with Crippen molar-refractivity contribution in [2.75, 3.05) is 12.4 Å². The summed E-state index contributed by atoms with van der Waals surface area (Å²) in [5.74, 6) is 0.133. The van der Waals surface area contributed by atoms with Crippen molar-refractivity contribution in [3.8, 4) is 0 Å². The third-order valence-corrected chi connectivity index (χ3v) is 5.42. The average molecular weight is 393 g/mol. The second-order valence-corrected chi connectivity index (χ2v) is 7.98. The molecule has 0 unspecified atom stereocenters. The molecule has 0 bridgehead atoms. The fraction of sp³-hybridized carbons (Fsp3) is 0.500. The van der Waals surface area contributed by atoms with Gasteiger partial charge in [0.1, 0.15) is 5.82 Å². The summed E-state index contributed by atoms with van der Waals surface area (Å²) in [6.45, 7) is 7.76. The maximum Gasteiger partial charge on any atom is 0.229 e. The standard InChI is InChI=1S/C22H30ClFN2O/c1-4-5-6-12-26(21(27)22(2,3)17-23)16-20-11-8-13-25(20)15-18-9-7-10-19(24)14-18/h7-11,13-14H,4-6,12,15-17H2,1-3H3. The van der Waals surface area contributed by atoms with E-state index in [0.29, 0.717) is 19.0 Å². The molecule has 0 aliphatic rings. The van der Waals surface area contributed by atoms with E-state index in [1.807, 2.05) is 43.1 Å². The maximum absolute atomic E-state index is 13.5. The van der Waals surface area contributed by atoms with Crippen LogP contribution in [0.2, 0.25) is 0 Å². The predicted octanol–water partition coefficient (Wildman–Crippen LogP) is 5.46. The summed E-state index contributed by atoms with van der Waals surface area (Å²) in [6, 6.07) is 10.6. The van der Waals surface area contributed by atoms with Crippen LogP contribution in [0.1, 0.15) is 51.3 Å². The molecule has 148 valence electrons. The Hall–Kier alpha value is -1.81. The van der Waals surface area contributed by atoms with Gasteiger partial charge in [0.15, 0.2) is 0 Å². The van der Waals surface area contributed by atoms with Crippen molar-refractivity contribution in [3.05, 3.63) is 59.7 Å². The van der Waals surface area contributed by atoms with Crippen LogP contribution >= 0.6 is 11.6 Å². The normalized spacial score (nSPS) is 11.6. The van der Waals surface area contributed by atoms with E-state index < -0.39 is 5.41 Å². The van der Waals surface area contributed by atoms with Crippen LogP contribution < -0.4 is 0 Å². The zero-order valence-corrected chi connectivity index (χ0v) is 17.3. The van der Waals surface area contributed by atoms with E-state index in [1.165, 1.54) is 6.07 Å². The molecular weight excluding hydrogens is 363 g/mol. The van der Waals surface area contributed by atoms with Crippen LogP contribution in [0.15, 0.2) is 42.6 Å². The maximum atomic E-state index is 13.5. The first kappa shape index (κ1) is 21.5. The molecule has 0 N–H and O–H groups in total. The number of nitrogens with zero attached hydrogens (tertiary/aromatic N) is 2. The topological polar surface area (TPSA) is 25.2 Å². The lowest BCUT2D eigenvalue weighted by Crippen LogP contribution is -2.42. The van der Waals surface area contributed by atoms with E-state index in [4.69, 9.17) is 11.6 Å². The molecule has 0 spiro atoms. The van der Waals surface area contributed by atoms with Crippen LogP contribution in [0.25, 0.3) is 0 Å². The fourth-order valence-corrected chi connectivity index (χ4v) is 3.18. The summed E-state index contributed by atoms with van der Waals surface area (Å²) in [5, 5.41) is 0. The number of hydrogen-bond donors (Lipinski definition) is 0. The van der Waals surface area contributed by atoms with Crippen molar-refractivity contribution in [1.29, 1.82) is 0 Å². The minimum Gasteiger partial charge on any atom is -0.345 e. The molecule has 0 radical (unpaired) electrons. The first-order valence-corrected chi connectivity index (χ1v) is 10.1. The molecule has 2 rings (SSSR count). The highest BCUT2D eigenvalue weighted by Crippen LogP contribution is 2.23. The highest BCUT2D eigenvalue weighted by atomic mass is 35.5. The van der Waals surface area contributed by atoms with Gasteiger partial charge in [0.25, 0.3) is 0 Å². The minimum atomic E-state index is -0.590. The molecular formula is C22H30ClFN2O. The number of aromatic nitrogens is 1. The smallest absolute Gasteiger partial charge is 0.229 e. The quantitative estimate of drug-likeness (QED) is 0.389. The van der Waals surface area contributed by atoms with Crippen LogP contribution in [0, 0.1) is 11.2 Å². The zero-order valence-electron chi connectivity index (χ0n) is 16.5. The Labute approximate surface area is 167 Å². The van der Waals surface area contributed by atoms with Gasteiger partial charge in [-0.1, -0.05) is 31.9 Å². The van der Waals surface area contributed by atoms with Crippen molar-refractivity contribution < 1.29 is 9.18 Å². The van der Waals surface area contributed by atoms with E-state index >= 15 is 0 Å². The van der Waals surface area contributed by atoms with Crippen molar-refractivity contribution >= 4 is 17.5 Å². The summed E-state index contributed by atoms with van der Waals surface area (Å²) in [6.07, 6.45) is 5.15. The molecule has 1 heterocycles. The SMILES string of the molecule is CCCCCN(Cc1cccn1Cc1cccc(F)c1)C(=O)C(C)(C)CCl. The Morgan fingerprint density at radius 1 is 1.22 bits per heavy atom. The summed E-state index contributed by atoms with van der Waals surface area (Å²) >= 11 is 6.04. The number of benzene rings is 1. The Balaban J connectivity index is 2.17. The van der Waals surface area contributed by atoms with Gasteiger partial charge in [-0.15, -0.1) is 11.6 Å². The Bertz CT molecular complexity index is 741. The van der Waals surface area contributed by atoms with Gasteiger partial charge in [-0.3, -0.25) is 4.79 Å². The summed E-state index contributed by atoms with van der Waals surface area (Å²) in [4.78, 5) is 14.9. The predicted molar refractivity (Wildman–Crippen MR) is 109 cm³/mol. The highest BCUT2D eigenvalue weighted by molar-refractivity contribution is 6.19. The molecule has 0 atom stereocenters. The van der Waals surface area contributed by atoms with Gasteiger partial charge >= 0.3 is 0 Å². The lowest BCUT2D eigenvalue weighted by molar-refractivity contribution is -0.140. The van der Waals surface area contributed by atoms with Gasteiger partial charge in [-0.2, -0.15) is 0 Å². The van der Waals surface area contributed by atoms with Gasteiger partial charge < -0.3 is 9.47 Å². The van der Waals surface area contributed by atoms with E-state index in [2.05, 4.69) is 11.5 Å². The van der Waals surface area contributed by atoms with Crippen molar-refractivity contribution in [2.45, 2.75) is 53.1 Å². The van der Waals surface area contributed by atoms with E-state index in [9.17, 15) is 9.18 Å². The number of unbranched alkanes of at least 4 members (excludes halogenated alkanes) is 2. The summed E-state index contributed by atoms with van der Waals surface area (Å²) < 4.78 is 15.6. The lowest BCUT2D eigenvalue weighted by atomic mass is 9.94. The van der Waals surface area contributed by atoms with Gasteiger partial charge in [-0.05, 0) is 50.1 Å². The van der Waals surface area contributed by atoms with E-state index in [-0.39, 0.29) is 11.7 Å². The molecule has 3 nitrogen and oxygen atoms in total. The second kappa shape index (κ2) is 9.93. The van der Waals surface area contributed by atoms with Crippen LogP contribution in [0.3, 0.4) is 0 Å². The molecule has 2 aromatic rings. The van der Waals surface area contributed by atoms with E-state index in [0.717, 1.165) is 37.1 Å². The van der Waals surface area contributed by atoms with Crippen LogP contribution in [-0.4, -0.2) is 27.8 Å². The molecule has 0 saturated carbocycles. The number of rotatable bonds is 10. The average Bonchev–Trinajstić information content (AvgIpc) is 3.07. The molecule has 1 aromatic heterocycles. The minimum absolute atomic E-state index is 0.0760. The van der Waals surface area contributed by atoms with Crippen molar-refractivity contribution in [3.63, 3.8) is 0 Å². The number of carbonyl (C=O) groups is 1. The molecule has 1 aromatic carbocycles. The molecule has 27 heavy (non-hydrogen) atoms. The number of carbonyl (C=O) groups excluding carboxylic acids is 1. The number of halogens is 2. The first-order chi connectivity index (χ1) is 12.9. The van der Waals surface area contributed by atoms with Gasteiger partial charge in [0, 0.05) is 30.9 Å². The number of amides is 1. The fourth-order valence-electron chi connectivity index (χ4n) is 3.07. The largest absolute Gasteiger partial charge is 0.345 e. The Kier molecular flexibility index (Phi) is 7.91. The molecule has 0 saturated heterocycles. The van der Waals surface area contributed by atoms with Crippen LogP contribution in [0.4, 0.5) is 4.39 Å². The zero-order chi connectivity index (χ0) is 19.9. The Morgan fingerprint density at radius 2 is 2.00 bits per heavy atom. The van der Waals surface area contributed by atoms with Crippen molar-refractivity contribution in [1.82, 2.24) is 9.47 Å². The second-order valence-electron chi connectivity index (χ2n) is 7.71. The number of hydrogen-bond acceptors (Lipinski definition) is 1.